The van der Waals surface area contributed by atoms with Gasteiger partial charge in [-0.15, -0.1) is 11.8 Å². The third-order valence-corrected chi connectivity index (χ3v) is 7.00. The van der Waals surface area contributed by atoms with Gasteiger partial charge in [0.15, 0.2) is 5.78 Å². The molecule has 0 saturated heterocycles. The summed E-state index contributed by atoms with van der Waals surface area (Å²) in [5, 5.41) is 8.48. The number of aliphatic carboxylic acids is 1. The summed E-state index contributed by atoms with van der Waals surface area (Å²) in [6.07, 6.45) is 8.39. The molecule has 0 heterocycles. The van der Waals surface area contributed by atoms with Crippen LogP contribution in [0.3, 0.4) is 0 Å². The Morgan fingerprint density at radius 2 is 1.26 bits per heavy atom. The number of Topliss-reactive ketones (excluding diaryl/α,β-unsaturated/α-hetero) is 1. The summed E-state index contributed by atoms with van der Waals surface area (Å²) in [6, 6.07) is 0. The van der Waals surface area contributed by atoms with Crippen molar-refractivity contribution < 1.29 is 110 Å². The molecule has 219 valence electrons. The monoisotopic (exact) mass is 1240 g/mol. The van der Waals surface area contributed by atoms with Crippen LogP contribution in [0.15, 0.2) is 0 Å². The first-order valence-electron chi connectivity index (χ1n) is 10.0. The Labute approximate surface area is 343 Å². The van der Waals surface area contributed by atoms with Crippen molar-refractivity contribution in [2.24, 2.45) is 0 Å². The summed E-state index contributed by atoms with van der Waals surface area (Å²) >= 11 is 15.1. The Hall–Kier alpha value is 4.87. The van der Waals surface area contributed by atoms with Crippen molar-refractivity contribution >= 4 is 153 Å². The van der Waals surface area contributed by atoms with Crippen molar-refractivity contribution in [1.82, 2.24) is 0 Å². The number of thioether (sulfide) groups is 2. The summed E-state index contributed by atoms with van der Waals surface area (Å²) in [4.78, 5) is 52.2. The average molecular weight is 1240 g/mol. The fraction of sp³-hybridized carbons (Fsp3) is 0.737. The van der Waals surface area contributed by atoms with Crippen LogP contribution in [-0.4, -0.2) is 75.8 Å². The summed E-state index contributed by atoms with van der Waals surface area (Å²) in [5.41, 5.74) is 0. The van der Waals surface area contributed by atoms with Gasteiger partial charge in [0.2, 0.25) is 0 Å². The van der Waals surface area contributed by atoms with Crippen molar-refractivity contribution in [3.8, 4) is 0 Å². The molecular formula is C19H30I5KO9S2V2-. The third kappa shape index (κ3) is 30.9. The average Bonchev–Trinajstić information content (AvgIpc) is 3.70. The van der Waals surface area contributed by atoms with Crippen molar-refractivity contribution in [3.63, 3.8) is 0 Å². The first-order chi connectivity index (χ1) is 16.8. The van der Waals surface area contributed by atoms with E-state index in [4.69, 9.17) is 9.84 Å². The van der Waals surface area contributed by atoms with Gasteiger partial charge in [-0.2, -0.15) is 11.8 Å². The van der Waals surface area contributed by atoms with Gasteiger partial charge in [-0.05, 0) is 52.0 Å². The van der Waals surface area contributed by atoms with E-state index in [1.54, 1.807) is 25.6 Å². The Kier molecular flexibility index (Phi) is 45.8. The van der Waals surface area contributed by atoms with Crippen LogP contribution in [0, 0.1) is 0 Å². The molecule has 2 N–H and O–H groups in total. The summed E-state index contributed by atoms with van der Waals surface area (Å²) in [6.45, 7) is 4.09. The smallest absolute Gasteiger partial charge is 0.870 e. The number of carbonyl (C=O) groups is 4. The van der Waals surface area contributed by atoms with Crippen LogP contribution in [0.5, 0.6) is 0 Å². The molecule has 0 amide bonds. The standard InChI is InChI=1S/C9H14O3S.C5H7O3.C5H8O2S.5HI.K.H2O.2V/c1-3-12-8(11)6-7(10)9(13-2)4-5-9;1-2-8-5(7)3-4-6;1-8-5(2-3-5)4(6)7;;;;;;;;;/h3-6H2,1-2H3;2-3H2,1H3;2-3H2,1H3,(H,6,7);5*1H;;1H2;;/q;-1;;;;;;;+1;;+2;+3/p-6. The molecule has 0 spiro atoms. The van der Waals surface area contributed by atoms with E-state index in [0.29, 0.717) is 22.7 Å². The number of carbonyl (C=O) groups excluding carboxylic acids is 4. The Morgan fingerprint density at radius 1 is 0.921 bits per heavy atom. The number of hydrogen-bond donors (Lipinski definition) is 1. The number of rotatable bonds is 10. The normalized spacial score (nSPS) is 13.9. The molecule has 0 aromatic rings. The first kappa shape index (κ1) is 52.4. The maximum Gasteiger partial charge on any atom is 1.00 e. The fourth-order valence-electron chi connectivity index (χ4n) is 2.10. The predicted octanol–water partition coefficient (Wildman–Crippen LogP) is 3.67. The molecule has 2 aliphatic carbocycles. The van der Waals surface area contributed by atoms with E-state index in [9.17, 15) is 24.0 Å². The molecule has 0 unspecified atom stereocenters. The van der Waals surface area contributed by atoms with Gasteiger partial charge in [0.05, 0.1) is 18.0 Å². The molecule has 0 aromatic heterocycles. The molecule has 0 aromatic carbocycles. The van der Waals surface area contributed by atoms with E-state index in [1.165, 1.54) is 18.0 Å². The van der Waals surface area contributed by atoms with Crippen LogP contribution in [-0.2, 0) is 47.8 Å². The van der Waals surface area contributed by atoms with E-state index in [2.05, 4.69) is 105 Å². The summed E-state index contributed by atoms with van der Waals surface area (Å²) in [7, 11) is 0.628. The molecule has 2 fully saturated rings. The van der Waals surface area contributed by atoms with Crippen LogP contribution >= 0.6 is 123 Å². The van der Waals surface area contributed by atoms with E-state index in [0.717, 1.165) is 25.7 Å². The van der Waals surface area contributed by atoms with E-state index < -0.39 is 17.9 Å². The van der Waals surface area contributed by atoms with Gasteiger partial charge in [-0.25, -0.2) is 0 Å². The molecule has 0 radical (unpaired) electrons. The second-order valence-corrected chi connectivity index (χ2v) is 56.0. The number of ether oxygens (including phenoxy) is 2. The molecule has 0 aliphatic heterocycles. The third-order valence-electron chi connectivity index (χ3n) is 4.22. The molecule has 0 bridgehead atoms. The SMILES string of the molecule is CCOC(=O)CC(=O)C1(SC)CC1.CCOC(=O)C[C-]=O.CSC1(C(=O)O)CC1.[I][V]([I])[I].[I][V][I].[K+].[OH-]. The van der Waals surface area contributed by atoms with Crippen LogP contribution in [0.2, 0.25) is 0 Å². The number of ketones is 1. The van der Waals surface area contributed by atoms with Crippen molar-refractivity contribution in [2.75, 3.05) is 25.7 Å². The Balaban J connectivity index is -0.000000128. The van der Waals surface area contributed by atoms with Gasteiger partial charge < -0.3 is 24.9 Å². The van der Waals surface area contributed by atoms with Gasteiger partial charge in [-0.3, -0.25) is 25.5 Å². The molecular weight excluding hydrogens is 1210 g/mol. The van der Waals surface area contributed by atoms with Crippen LogP contribution in [0.4, 0.5) is 0 Å². The van der Waals surface area contributed by atoms with E-state index in [-0.39, 0.29) is 89.9 Å². The molecule has 0 atom stereocenters. The number of carboxylic acid groups (broad SMARTS) is 1. The molecule has 2 rings (SSSR count). The Bertz CT molecular complexity index is 676. The summed E-state index contributed by atoms with van der Waals surface area (Å²) < 4.78 is 8.47. The second-order valence-electron chi connectivity index (χ2n) is 6.49. The summed E-state index contributed by atoms with van der Waals surface area (Å²) in [5.74, 6) is -1.53. The molecule has 2 aliphatic rings. The minimum absolute atomic E-state index is 0. The predicted molar refractivity (Wildman–Crippen MR) is 184 cm³/mol. The van der Waals surface area contributed by atoms with Gasteiger partial charge in [-0.1, -0.05) is 6.42 Å². The van der Waals surface area contributed by atoms with Gasteiger partial charge in [0.1, 0.15) is 11.2 Å². The van der Waals surface area contributed by atoms with Crippen molar-refractivity contribution in [1.29, 1.82) is 0 Å². The molecule has 19 heteroatoms. The fourth-order valence-corrected chi connectivity index (χ4v) is 3.60. The minimum atomic E-state index is -0.648. The largest absolute Gasteiger partial charge is 1.00 e. The second kappa shape index (κ2) is 33.2. The van der Waals surface area contributed by atoms with E-state index in [1.807, 2.05) is 12.5 Å². The van der Waals surface area contributed by atoms with E-state index >= 15 is 0 Å². The quantitative estimate of drug-likeness (QED) is 0.112. The van der Waals surface area contributed by atoms with Gasteiger partial charge in [0.25, 0.3) is 5.97 Å². The number of esters is 2. The zero-order chi connectivity index (χ0) is 28.8. The first-order valence-corrected chi connectivity index (χ1v) is 35.0. The van der Waals surface area contributed by atoms with Crippen LogP contribution in [0.25, 0.3) is 0 Å². The van der Waals surface area contributed by atoms with Crippen LogP contribution < -0.4 is 51.4 Å². The van der Waals surface area contributed by atoms with Gasteiger partial charge >= 0.3 is 178 Å². The maximum atomic E-state index is 11.5. The Morgan fingerprint density at radius 3 is 1.47 bits per heavy atom. The zero-order valence-corrected chi connectivity index (χ0v) is 39.8. The topological polar surface area (TPSA) is 154 Å². The van der Waals surface area contributed by atoms with Crippen LogP contribution in [0.1, 0.15) is 52.4 Å². The molecule has 9 nitrogen and oxygen atoms in total. The minimum Gasteiger partial charge on any atom is -0.870 e. The number of hydrogen-bond acceptors (Lipinski definition) is 10. The molecule has 38 heavy (non-hydrogen) atoms. The van der Waals surface area contributed by atoms with Gasteiger partial charge in [0, 0.05) is 0 Å². The number of halogens is 5. The molecule has 2 saturated carbocycles. The maximum absolute atomic E-state index is 11.5. The van der Waals surface area contributed by atoms with Crippen molar-refractivity contribution in [3.05, 3.63) is 0 Å². The number of carboxylic acids is 1. The van der Waals surface area contributed by atoms with Crippen molar-refractivity contribution in [2.45, 2.75) is 61.9 Å². The zero-order valence-electron chi connectivity index (χ0n) is 21.5.